The van der Waals surface area contributed by atoms with Crippen LogP contribution in [0.25, 0.3) is 0 Å². The van der Waals surface area contributed by atoms with Gasteiger partial charge in [0.25, 0.3) is 0 Å². The first-order valence-corrected chi connectivity index (χ1v) is 5.14. The van der Waals surface area contributed by atoms with Gasteiger partial charge in [-0.1, -0.05) is 26.0 Å². The van der Waals surface area contributed by atoms with Crippen LogP contribution in [0.2, 0.25) is 0 Å². The number of ether oxygens (including phenoxy) is 1. The van der Waals surface area contributed by atoms with E-state index in [1.807, 2.05) is 6.07 Å². The minimum Gasteiger partial charge on any atom is -0.493 e. The van der Waals surface area contributed by atoms with E-state index in [0.717, 1.165) is 12.0 Å². The number of nitrogens with two attached hydrogens (primary N) is 1. The SMILES string of the molecule is COc1c(F)cccc1C(N)CC(C)C. The van der Waals surface area contributed by atoms with Crippen molar-refractivity contribution < 1.29 is 9.13 Å². The average Bonchev–Trinajstić information content (AvgIpc) is 2.16. The number of benzene rings is 1. The molecular formula is C12H18FNO. The van der Waals surface area contributed by atoms with Crippen molar-refractivity contribution in [3.8, 4) is 5.75 Å². The molecule has 0 radical (unpaired) electrons. The molecule has 1 aromatic rings. The summed E-state index contributed by atoms with van der Waals surface area (Å²) in [5.41, 5.74) is 6.74. The molecule has 0 saturated heterocycles. The Bertz CT molecular complexity index is 325. The summed E-state index contributed by atoms with van der Waals surface area (Å²) in [5, 5.41) is 0. The van der Waals surface area contributed by atoms with Crippen molar-refractivity contribution in [2.75, 3.05) is 7.11 Å². The maximum atomic E-state index is 13.4. The third kappa shape index (κ3) is 2.93. The molecule has 1 atom stereocenters. The molecule has 0 spiro atoms. The molecule has 0 amide bonds. The van der Waals surface area contributed by atoms with Crippen LogP contribution in [0.3, 0.4) is 0 Å². The number of hydrogen-bond donors (Lipinski definition) is 1. The van der Waals surface area contributed by atoms with Crippen LogP contribution in [0.4, 0.5) is 4.39 Å². The van der Waals surface area contributed by atoms with E-state index in [-0.39, 0.29) is 17.6 Å². The highest BCUT2D eigenvalue weighted by Gasteiger charge is 2.15. The zero-order chi connectivity index (χ0) is 11.4. The fraction of sp³-hybridized carbons (Fsp3) is 0.500. The molecule has 0 aliphatic rings. The zero-order valence-electron chi connectivity index (χ0n) is 9.46. The smallest absolute Gasteiger partial charge is 0.165 e. The lowest BCUT2D eigenvalue weighted by atomic mass is 9.97. The lowest BCUT2D eigenvalue weighted by Gasteiger charge is -2.17. The predicted molar refractivity (Wildman–Crippen MR) is 59.3 cm³/mol. The summed E-state index contributed by atoms with van der Waals surface area (Å²) in [7, 11) is 1.46. The van der Waals surface area contributed by atoms with Crippen molar-refractivity contribution in [1.82, 2.24) is 0 Å². The Balaban J connectivity index is 2.97. The molecule has 1 unspecified atom stereocenters. The first kappa shape index (κ1) is 12.0. The number of rotatable bonds is 4. The van der Waals surface area contributed by atoms with Crippen molar-refractivity contribution >= 4 is 0 Å². The summed E-state index contributed by atoms with van der Waals surface area (Å²) in [6.07, 6.45) is 0.819. The van der Waals surface area contributed by atoms with Crippen LogP contribution in [0.15, 0.2) is 18.2 Å². The van der Waals surface area contributed by atoms with Gasteiger partial charge in [-0.05, 0) is 18.4 Å². The first-order valence-electron chi connectivity index (χ1n) is 5.14. The molecule has 1 aromatic carbocycles. The number of hydrogen-bond acceptors (Lipinski definition) is 2. The van der Waals surface area contributed by atoms with Crippen LogP contribution in [0.5, 0.6) is 5.75 Å². The summed E-state index contributed by atoms with van der Waals surface area (Å²) in [5.74, 6) is 0.396. The Morgan fingerprint density at radius 2 is 2.07 bits per heavy atom. The maximum absolute atomic E-state index is 13.4. The Morgan fingerprint density at radius 1 is 1.40 bits per heavy atom. The highest BCUT2D eigenvalue weighted by molar-refractivity contribution is 5.37. The number of para-hydroxylation sites is 1. The Kier molecular flexibility index (Phi) is 4.09. The standard InChI is InChI=1S/C12H18FNO/c1-8(2)7-11(14)9-5-4-6-10(13)12(9)15-3/h4-6,8,11H,7,14H2,1-3H3. The van der Waals surface area contributed by atoms with Gasteiger partial charge in [0, 0.05) is 11.6 Å². The maximum Gasteiger partial charge on any atom is 0.165 e. The van der Waals surface area contributed by atoms with Gasteiger partial charge in [-0.25, -0.2) is 4.39 Å². The topological polar surface area (TPSA) is 35.2 Å². The predicted octanol–water partition coefficient (Wildman–Crippen LogP) is 2.88. The van der Waals surface area contributed by atoms with Crippen LogP contribution in [-0.4, -0.2) is 7.11 Å². The Hall–Kier alpha value is -1.09. The molecule has 0 saturated carbocycles. The van der Waals surface area contributed by atoms with Crippen molar-refractivity contribution in [1.29, 1.82) is 0 Å². The van der Waals surface area contributed by atoms with Gasteiger partial charge >= 0.3 is 0 Å². The van der Waals surface area contributed by atoms with Gasteiger partial charge in [0.1, 0.15) is 0 Å². The van der Waals surface area contributed by atoms with Gasteiger partial charge in [0.15, 0.2) is 11.6 Å². The fourth-order valence-electron chi connectivity index (χ4n) is 1.67. The third-order valence-corrected chi connectivity index (χ3v) is 2.33. The van der Waals surface area contributed by atoms with Crippen LogP contribution in [-0.2, 0) is 0 Å². The second-order valence-corrected chi connectivity index (χ2v) is 4.10. The molecule has 0 aliphatic carbocycles. The molecule has 84 valence electrons. The molecule has 15 heavy (non-hydrogen) atoms. The zero-order valence-corrected chi connectivity index (χ0v) is 9.46. The second-order valence-electron chi connectivity index (χ2n) is 4.10. The van der Waals surface area contributed by atoms with Gasteiger partial charge in [-0.15, -0.1) is 0 Å². The Morgan fingerprint density at radius 3 is 2.60 bits per heavy atom. The lowest BCUT2D eigenvalue weighted by molar-refractivity contribution is 0.373. The van der Waals surface area contributed by atoms with Gasteiger partial charge in [0.05, 0.1) is 7.11 Å². The molecule has 3 heteroatoms. The monoisotopic (exact) mass is 211 g/mol. The minimum absolute atomic E-state index is 0.171. The summed E-state index contributed by atoms with van der Waals surface area (Å²) < 4.78 is 18.4. The Labute approximate surface area is 90.2 Å². The first-order chi connectivity index (χ1) is 7.06. The van der Waals surface area contributed by atoms with E-state index in [4.69, 9.17) is 10.5 Å². The second kappa shape index (κ2) is 5.12. The van der Waals surface area contributed by atoms with Crippen LogP contribution >= 0.6 is 0 Å². The van der Waals surface area contributed by atoms with Crippen LogP contribution in [0, 0.1) is 11.7 Å². The molecular weight excluding hydrogens is 193 g/mol. The molecule has 0 aliphatic heterocycles. The number of methoxy groups -OCH3 is 1. The molecule has 0 fully saturated rings. The van der Waals surface area contributed by atoms with Crippen molar-refractivity contribution in [2.24, 2.45) is 11.7 Å². The third-order valence-electron chi connectivity index (χ3n) is 2.33. The number of halogens is 1. The van der Waals surface area contributed by atoms with Crippen molar-refractivity contribution in [2.45, 2.75) is 26.3 Å². The molecule has 0 bridgehead atoms. The van der Waals surface area contributed by atoms with E-state index in [1.54, 1.807) is 6.07 Å². The summed E-state index contributed by atoms with van der Waals surface area (Å²) >= 11 is 0. The summed E-state index contributed by atoms with van der Waals surface area (Å²) in [4.78, 5) is 0. The van der Waals surface area contributed by atoms with Gasteiger partial charge in [0.2, 0.25) is 0 Å². The van der Waals surface area contributed by atoms with E-state index in [2.05, 4.69) is 13.8 Å². The van der Waals surface area contributed by atoms with E-state index < -0.39 is 0 Å². The molecule has 1 rings (SSSR count). The lowest BCUT2D eigenvalue weighted by Crippen LogP contribution is -2.14. The molecule has 0 aromatic heterocycles. The van der Waals surface area contributed by atoms with E-state index in [0.29, 0.717) is 5.92 Å². The molecule has 2 nitrogen and oxygen atoms in total. The van der Waals surface area contributed by atoms with Crippen molar-refractivity contribution in [3.63, 3.8) is 0 Å². The molecule has 2 N–H and O–H groups in total. The van der Waals surface area contributed by atoms with Crippen LogP contribution < -0.4 is 10.5 Å². The molecule has 0 heterocycles. The summed E-state index contributed by atoms with van der Waals surface area (Å²) in [6.45, 7) is 4.18. The summed E-state index contributed by atoms with van der Waals surface area (Å²) in [6, 6.07) is 4.68. The average molecular weight is 211 g/mol. The van der Waals surface area contributed by atoms with Gasteiger partial charge in [-0.3, -0.25) is 0 Å². The minimum atomic E-state index is -0.353. The van der Waals surface area contributed by atoms with E-state index in [9.17, 15) is 4.39 Å². The highest BCUT2D eigenvalue weighted by Crippen LogP contribution is 2.29. The van der Waals surface area contributed by atoms with Gasteiger partial charge in [-0.2, -0.15) is 0 Å². The highest BCUT2D eigenvalue weighted by atomic mass is 19.1. The largest absolute Gasteiger partial charge is 0.493 e. The van der Waals surface area contributed by atoms with Crippen molar-refractivity contribution in [3.05, 3.63) is 29.6 Å². The quantitative estimate of drug-likeness (QED) is 0.831. The van der Waals surface area contributed by atoms with Gasteiger partial charge < -0.3 is 10.5 Å². The van der Waals surface area contributed by atoms with Crippen LogP contribution in [0.1, 0.15) is 31.9 Å². The normalized spacial score (nSPS) is 12.9. The fourth-order valence-corrected chi connectivity index (χ4v) is 1.67. The van der Waals surface area contributed by atoms with E-state index >= 15 is 0 Å². The van der Waals surface area contributed by atoms with E-state index in [1.165, 1.54) is 13.2 Å².